The molecule has 2 amide bonds. The molecule has 0 unspecified atom stereocenters. The minimum atomic E-state index is 0.168. The third-order valence-electron chi connectivity index (χ3n) is 5.81. The van der Waals surface area contributed by atoms with Gasteiger partial charge >= 0.3 is 0 Å². The van der Waals surface area contributed by atoms with E-state index >= 15 is 0 Å². The molecule has 3 rings (SSSR count). The zero-order chi connectivity index (χ0) is 18.4. The summed E-state index contributed by atoms with van der Waals surface area (Å²) >= 11 is 0. The number of nitrogens with zero attached hydrogens (tertiary/aromatic N) is 2. The Morgan fingerprint density at radius 2 is 1.62 bits per heavy atom. The van der Waals surface area contributed by atoms with E-state index in [0.717, 1.165) is 30.6 Å². The number of benzene rings is 1. The summed E-state index contributed by atoms with van der Waals surface area (Å²) in [6, 6.07) is 8.04. The second kappa shape index (κ2) is 9.17. The highest BCUT2D eigenvalue weighted by Gasteiger charge is 2.25. The maximum Gasteiger partial charge on any atom is 0.227 e. The van der Waals surface area contributed by atoms with Crippen LogP contribution in [0.2, 0.25) is 0 Å². The number of piperazine rings is 1. The molecule has 0 radical (unpaired) electrons. The normalized spacial score (nSPS) is 18.8. The molecule has 2 saturated heterocycles. The second-order valence-electron chi connectivity index (χ2n) is 7.60. The zero-order valence-corrected chi connectivity index (χ0v) is 15.9. The van der Waals surface area contributed by atoms with E-state index in [0.29, 0.717) is 44.9 Å². The second-order valence-corrected chi connectivity index (χ2v) is 7.60. The summed E-state index contributed by atoms with van der Waals surface area (Å²) in [4.78, 5) is 28.9. The van der Waals surface area contributed by atoms with Crippen molar-refractivity contribution in [1.82, 2.24) is 15.1 Å². The Morgan fingerprint density at radius 3 is 2.27 bits per heavy atom. The first kappa shape index (κ1) is 18.9. The van der Waals surface area contributed by atoms with Crippen molar-refractivity contribution in [2.45, 2.75) is 39.0 Å². The smallest absolute Gasteiger partial charge is 0.227 e. The molecule has 2 aliphatic rings. The number of amides is 2. The van der Waals surface area contributed by atoms with Crippen molar-refractivity contribution in [1.29, 1.82) is 0 Å². The SMILES string of the molecule is Cc1ccccc1CC(=O)N1CCN(C(=O)CCC2CCNCC2)CC1. The highest BCUT2D eigenvalue weighted by Crippen LogP contribution is 2.19. The van der Waals surface area contributed by atoms with Crippen LogP contribution in [0.4, 0.5) is 0 Å². The molecular formula is C21H31N3O2. The Hall–Kier alpha value is -1.88. The molecule has 1 aromatic rings. The van der Waals surface area contributed by atoms with Gasteiger partial charge in [-0.1, -0.05) is 24.3 Å². The van der Waals surface area contributed by atoms with Crippen LogP contribution in [0.1, 0.15) is 36.8 Å². The minimum Gasteiger partial charge on any atom is -0.339 e. The monoisotopic (exact) mass is 357 g/mol. The summed E-state index contributed by atoms with van der Waals surface area (Å²) in [5.41, 5.74) is 2.26. The lowest BCUT2D eigenvalue weighted by Crippen LogP contribution is -2.51. The summed E-state index contributed by atoms with van der Waals surface area (Å²) in [6.07, 6.45) is 4.49. The van der Waals surface area contributed by atoms with Crippen LogP contribution in [0.15, 0.2) is 24.3 Å². The summed E-state index contributed by atoms with van der Waals surface area (Å²) in [5, 5.41) is 3.37. The van der Waals surface area contributed by atoms with Gasteiger partial charge in [0.15, 0.2) is 0 Å². The molecular weight excluding hydrogens is 326 g/mol. The molecule has 1 N–H and O–H groups in total. The van der Waals surface area contributed by atoms with Crippen LogP contribution in [0, 0.1) is 12.8 Å². The highest BCUT2D eigenvalue weighted by atomic mass is 16.2. The first-order valence-corrected chi connectivity index (χ1v) is 9.94. The van der Waals surface area contributed by atoms with Crippen LogP contribution in [0.25, 0.3) is 0 Å². The van der Waals surface area contributed by atoms with Gasteiger partial charge in [0.2, 0.25) is 11.8 Å². The number of rotatable bonds is 5. The molecule has 2 fully saturated rings. The molecule has 0 atom stereocenters. The Kier molecular flexibility index (Phi) is 6.67. The molecule has 26 heavy (non-hydrogen) atoms. The summed E-state index contributed by atoms with van der Waals surface area (Å²) in [7, 11) is 0. The van der Waals surface area contributed by atoms with Gasteiger partial charge in [-0.2, -0.15) is 0 Å². The van der Waals surface area contributed by atoms with Crippen molar-refractivity contribution in [2.75, 3.05) is 39.3 Å². The van der Waals surface area contributed by atoms with Crippen molar-refractivity contribution >= 4 is 11.8 Å². The van der Waals surface area contributed by atoms with Gasteiger partial charge in [0, 0.05) is 32.6 Å². The number of aryl methyl sites for hydroxylation is 1. The van der Waals surface area contributed by atoms with Gasteiger partial charge in [0.05, 0.1) is 6.42 Å². The largest absolute Gasteiger partial charge is 0.339 e. The maximum absolute atomic E-state index is 12.5. The first-order valence-electron chi connectivity index (χ1n) is 9.94. The van der Waals surface area contributed by atoms with E-state index in [1.807, 2.05) is 41.0 Å². The summed E-state index contributed by atoms with van der Waals surface area (Å²) in [5.74, 6) is 1.12. The van der Waals surface area contributed by atoms with E-state index in [4.69, 9.17) is 0 Å². The number of hydrogen-bond acceptors (Lipinski definition) is 3. The van der Waals surface area contributed by atoms with Crippen LogP contribution in [-0.2, 0) is 16.0 Å². The number of piperidine rings is 1. The lowest BCUT2D eigenvalue weighted by molar-refractivity contribution is -0.139. The van der Waals surface area contributed by atoms with Crippen LogP contribution in [0.5, 0.6) is 0 Å². The molecule has 0 bridgehead atoms. The molecule has 0 saturated carbocycles. The Morgan fingerprint density at radius 1 is 1.00 bits per heavy atom. The average molecular weight is 357 g/mol. The van der Waals surface area contributed by atoms with Gasteiger partial charge in [-0.25, -0.2) is 0 Å². The van der Waals surface area contributed by atoms with E-state index in [-0.39, 0.29) is 11.8 Å². The minimum absolute atomic E-state index is 0.168. The van der Waals surface area contributed by atoms with Crippen molar-refractivity contribution < 1.29 is 9.59 Å². The van der Waals surface area contributed by atoms with E-state index < -0.39 is 0 Å². The average Bonchev–Trinajstić information content (AvgIpc) is 2.69. The van der Waals surface area contributed by atoms with Crippen molar-refractivity contribution in [3.8, 4) is 0 Å². The maximum atomic E-state index is 12.5. The molecule has 2 heterocycles. The van der Waals surface area contributed by atoms with Gasteiger partial charge in [-0.15, -0.1) is 0 Å². The fraction of sp³-hybridized carbons (Fsp3) is 0.619. The third-order valence-corrected chi connectivity index (χ3v) is 5.81. The van der Waals surface area contributed by atoms with Crippen LogP contribution < -0.4 is 5.32 Å². The van der Waals surface area contributed by atoms with Gasteiger partial charge in [-0.05, 0) is 56.3 Å². The molecule has 5 heteroatoms. The standard InChI is InChI=1S/C21H31N3O2/c1-17-4-2-3-5-19(17)16-21(26)24-14-12-23(13-15-24)20(25)7-6-18-8-10-22-11-9-18/h2-5,18,22H,6-16H2,1H3. The summed E-state index contributed by atoms with van der Waals surface area (Å²) < 4.78 is 0. The predicted octanol–water partition coefficient (Wildman–Crippen LogP) is 1.99. The predicted molar refractivity (Wildman–Crippen MR) is 103 cm³/mol. The molecule has 0 aromatic heterocycles. The Labute approximate surface area is 156 Å². The zero-order valence-electron chi connectivity index (χ0n) is 15.9. The molecule has 5 nitrogen and oxygen atoms in total. The number of nitrogens with one attached hydrogen (secondary N) is 1. The number of hydrogen-bond donors (Lipinski definition) is 1. The Balaban J connectivity index is 1.41. The van der Waals surface area contributed by atoms with Gasteiger partial charge < -0.3 is 15.1 Å². The fourth-order valence-corrected chi connectivity index (χ4v) is 3.94. The number of carbonyl (C=O) groups excluding carboxylic acids is 2. The van der Waals surface area contributed by atoms with Crippen LogP contribution in [-0.4, -0.2) is 60.9 Å². The van der Waals surface area contributed by atoms with Gasteiger partial charge in [0.1, 0.15) is 0 Å². The third kappa shape index (κ3) is 5.07. The van der Waals surface area contributed by atoms with Crippen molar-refractivity contribution in [2.24, 2.45) is 5.92 Å². The Bertz CT molecular complexity index is 617. The lowest BCUT2D eigenvalue weighted by atomic mass is 9.93. The quantitative estimate of drug-likeness (QED) is 0.877. The highest BCUT2D eigenvalue weighted by molar-refractivity contribution is 5.80. The lowest BCUT2D eigenvalue weighted by Gasteiger charge is -2.35. The summed E-state index contributed by atoms with van der Waals surface area (Å²) in [6.45, 7) is 6.87. The topological polar surface area (TPSA) is 52.7 Å². The molecule has 0 aliphatic carbocycles. The fourth-order valence-electron chi connectivity index (χ4n) is 3.94. The van der Waals surface area contributed by atoms with Gasteiger partial charge in [-0.3, -0.25) is 9.59 Å². The van der Waals surface area contributed by atoms with Gasteiger partial charge in [0.25, 0.3) is 0 Å². The molecule has 142 valence electrons. The van der Waals surface area contributed by atoms with E-state index in [9.17, 15) is 9.59 Å². The van der Waals surface area contributed by atoms with E-state index in [1.165, 1.54) is 12.8 Å². The van der Waals surface area contributed by atoms with Crippen molar-refractivity contribution in [3.05, 3.63) is 35.4 Å². The van der Waals surface area contributed by atoms with E-state index in [2.05, 4.69) is 5.32 Å². The number of carbonyl (C=O) groups is 2. The molecule has 2 aliphatic heterocycles. The van der Waals surface area contributed by atoms with Crippen LogP contribution >= 0.6 is 0 Å². The van der Waals surface area contributed by atoms with E-state index in [1.54, 1.807) is 0 Å². The van der Waals surface area contributed by atoms with Crippen LogP contribution in [0.3, 0.4) is 0 Å². The molecule has 0 spiro atoms. The first-order chi connectivity index (χ1) is 12.6. The van der Waals surface area contributed by atoms with Crippen molar-refractivity contribution in [3.63, 3.8) is 0 Å². The molecule has 1 aromatic carbocycles.